The first-order chi connectivity index (χ1) is 12.0. The fraction of sp³-hybridized carbons (Fsp3) is 0.474. The van der Waals surface area contributed by atoms with Gasteiger partial charge in [-0.3, -0.25) is 4.79 Å². The van der Waals surface area contributed by atoms with Crippen LogP contribution in [0.4, 0.5) is 11.4 Å². The van der Waals surface area contributed by atoms with Crippen LogP contribution >= 0.6 is 0 Å². The third kappa shape index (κ3) is 6.58. The van der Waals surface area contributed by atoms with Crippen LogP contribution in [-0.4, -0.2) is 38.2 Å². The average molecular weight is 348 g/mol. The van der Waals surface area contributed by atoms with E-state index in [-0.39, 0.29) is 19.1 Å². The van der Waals surface area contributed by atoms with Crippen molar-refractivity contribution < 1.29 is 19.1 Å². The van der Waals surface area contributed by atoms with Crippen molar-refractivity contribution in [3.8, 4) is 0 Å². The summed E-state index contributed by atoms with van der Waals surface area (Å²) in [5, 5.41) is 0. The van der Waals surface area contributed by atoms with E-state index in [1.54, 1.807) is 36.1 Å². The number of nitrogens with zero attached hydrogens (tertiary/aromatic N) is 1. The van der Waals surface area contributed by atoms with Crippen molar-refractivity contribution in [1.29, 1.82) is 0 Å². The van der Waals surface area contributed by atoms with E-state index >= 15 is 0 Å². The zero-order valence-electron chi connectivity index (χ0n) is 15.1. The molecule has 6 heteroatoms. The van der Waals surface area contributed by atoms with E-state index in [1.165, 1.54) is 0 Å². The van der Waals surface area contributed by atoms with E-state index in [9.17, 15) is 9.59 Å². The highest BCUT2D eigenvalue weighted by Crippen LogP contribution is 2.25. The molecule has 0 fully saturated rings. The number of amides is 1. The minimum absolute atomic E-state index is 0.0609. The van der Waals surface area contributed by atoms with Gasteiger partial charge in [0.05, 0.1) is 24.5 Å². The minimum atomic E-state index is -0.473. The van der Waals surface area contributed by atoms with E-state index in [0.29, 0.717) is 36.5 Å². The number of ether oxygens (including phenoxy) is 2. The first kappa shape index (κ1) is 20.7. The van der Waals surface area contributed by atoms with Crippen LogP contribution in [0.15, 0.2) is 30.9 Å². The number of nitrogen functional groups attached to an aromatic ring is 1. The zero-order valence-corrected chi connectivity index (χ0v) is 15.1. The summed E-state index contributed by atoms with van der Waals surface area (Å²) < 4.78 is 10.5. The molecular weight excluding hydrogens is 320 g/mol. The fourth-order valence-corrected chi connectivity index (χ4v) is 2.25. The molecule has 1 amide bonds. The standard InChI is InChI=1S/C19H28N2O4/c1-4-7-11-21(18(22)14-24-12-8-5-2)17-13-15(20)9-10-16(17)19(23)25-6-3/h5,9-10,13H,2,4,6-8,11-12,14,20H2,1,3H3. The molecule has 1 aromatic rings. The highest BCUT2D eigenvalue weighted by Gasteiger charge is 2.22. The smallest absolute Gasteiger partial charge is 0.340 e. The van der Waals surface area contributed by atoms with Gasteiger partial charge in [-0.1, -0.05) is 19.4 Å². The summed E-state index contributed by atoms with van der Waals surface area (Å²) in [5.41, 5.74) is 7.14. The molecule has 2 N–H and O–H groups in total. The second-order valence-electron chi connectivity index (χ2n) is 5.53. The lowest BCUT2D eigenvalue weighted by Crippen LogP contribution is -2.36. The number of nitrogens with two attached hydrogens (primary N) is 1. The van der Waals surface area contributed by atoms with Crippen LogP contribution in [0, 0.1) is 0 Å². The number of rotatable bonds is 11. The molecule has 0 aliphatic heterocycles. The zero-order chi connectivity index (χ0) is 18.7. The normalized spacial score (nSPS) is 10.3. The van der Waals surface area contributed by atoms with Gasteiger partial charge in [0.25, 0.3) is 5.91 Å². The van der Waals surface area contributed by atoms with Crippen molar-refractivity contribution in [1.82, 2.24) is 0 Å². The molecule has 0 heterocycles. The number of unbranched alkanes of at least 4 members (excludes halogenated alkanes) is 1. The lowest BCUT2D eigenvalue weighted by molar-refractivity contribution is -0.123. The van der Waals surface area contributed by atoms with Crippen molar-refractivity contribution in [2.75, 3.05) is 37.0 Å². The first-order valence-electron chi connectivity index (χ1n) is 8.60. The van der Waals surface area contributed by atoms with Gasteiger partial charge in [-0.25, -0.2) is 4.79 Å². The first-order valence-corrected chi connectivity index (χ1v) is 8.60. The molecule has 0 saturated carbocycles. The summed E-state index contributed by atoms with van der Waals surface area (Å²) in [5.74, 6) is -0.687. The Kier molecular flexibility index (Phi) is 9.32. The highest BCUT2D eigenvalue weighted by atomic mass is 16.5. The summed E-state index contributed by atoms with van der Waals surface area (Å²) in [6.07, 6.45) is 4.12. The molecule has 0 radical (unpaired) electrons. The van der Waals surface area contributed by atoms with Crippen LogP contribution in [0.3, 0.4) is 0 Å². The molecule has 0 aliphatic rings. The lowest BCUT2D eigenvalue weighted by atomic mass is 10.1. The van der Waals surface area contributed by atoms with Crippen molar-refractivity contribution in [3.05, 3.63) is 36.4 Å². The predicted molar refractivity (Wildman–Crippen MR) is 99.7 cm³/mol. The number of esters is 1. The lowest BCUT2D eigenvalue weighted by Gasteiger charge is -2.25. The third-order valence-corrected chi connectivity index (χ3v) is 3.54. The van der Waals surface area contributed by atoms with Gasteiger partial charge in [-0.15, -0.1) is 6.58 Å². The van der Waals surface area contributed by atoms with Crippen molar-refractivity contribution in [2.24, 2.45) is 0 Å². The van der Waals surface area contributed by atoms with Crippen LogP contribution in [0.5, 0.6) is 0 Å². The van der Waals surface area contributed by atoms with Gasteiger partial charge in [0.15, 0.2) is 0 Å². The third-order valence-electron chi connectivity index (χ3n) is 3.54. The Hall–Kier alpha value is -2.34. The summed E-state index contributed by atoms with van der Waals surface area (Å²) >= 11 is 0. The summed E-state index contributed by atoms with van der Waals surface area (Å²) in [6, 6.07) is 4.84. The highest BCUT2D eigenvalue weighted by molar-refractivity contribution is 6.03. The maximum Gasteiger partial charge on any atom is 0.340 e. The maximum absolute atomic E-state index is 12.6. The number of carbonyl (C=O) groups is 2. The molecule has 25 heavy (non-hydrogen) atoms. The summed E-state index contributed by atoms with van der Waals surface area (Å²) in [6.45, 7) is 8.50. The van der Waals surface area contributed by atoms with Crippen molar-refractivity contribution in [3.63, 3.8) is 0 Å². The predicted octanol–water partition coefficient (Wildman–Crippen LogP) is 3.17. The number of hydrogen-bond donors (Lipinski definition) is 1. The van der Waals surface area contributed by atoms with E-state index in [1.807, 2.05) is 6.92 Å². The van der Waals surface area contributed by atoms with Gasteiger partial charge < -0.3 is 20.1 Å². The number of anilines is 2. The number of carbonyl (C=O) groups excluding carboxylic acids is 2. The van der Waals surface area contributed by atoms with Crippen LogP contribution < -0.4 is 10.6 Å². The Bertz CT molecular complexity index is 587. The Balaban J connectivity index is 3.07. The Morgan fingerprint density at radius 3 is 2.72 bits per heavy atom. The topological polar surface area (TPSA) is 81.9 Å². The van der Waals surface area contributed by atoms with Crippen LogP contribution in [0.1, 0.15) is 43.5 Å². The molecule has 1 rings (SSSR count). The van der Waals surface area contributed by atoms with Crippen molar-refractivity contribution >= 4 is 23.3 Å². The van der Waals surface area contributed by atoms with Crippen LogP contribution in [0.25, 0.3) is 0 Å². The number of hydrogen-bond acceptors (Lipinski definition) is 5. The quantitative estimate of drug-likeness (QED) is 0.287. The molecule has 0 bridgehead atoms. The second-order valence-corrected chi connectivity index (χ2v) is 5.53. The molecule has 1 aromatic carbocycles. The van der Waals surface area contributed by atoms with Gasteiger partial charge in [0, 0.05) is 12.2 Å². The molecule has 0 saturated heterocycles. The van der Waals surface area contributed by atoms with Gasteiger partial charge in [0.1, 0.15) is 6.61 Å². The Morgan fingerprint density at radius 2 is 2.08 bits per heavy atom. The van der Waals surface area contributed by atoms with Gasteiger partial charge in [0.2, 0.25) is 0 Å². The van der Waals surface area contributed by atoms with Crippen LogP contribution in [0.2, 0.25) is 0 Å². The van der Waals surface area contributed by atoms with Crippen molar-refractivity contribution in [2.45, 2.75) is 33.1 Å². The van der Waals surface area contributed by atoms with Gasteiger partial charge in [-0.2, -0.15) is 0 Å². The molecule has 6 nitrogen and oxygen atoms in total. The van der Waals surface area contributed by atoms with E-state index < -0.39 is 5.97 Å². The summed E-state index contributed by atoms with van der Waals surface area (Å²) in [7, 11) is 0. The second kappa shape index (κ2) is 11.3. The van der Waals surface area contributed by atoms with E-state index in [2.05, 4.69) is 6.58 Å². The molecule has 0 unspecified atom stereocenters. The molecule has 0 aliphatic carbocycles. The van der Waals surface area contributed by atoms with Gasteiger partial charge >= 0.3 is 5.97 Å². The van der Waals surface area contributed by atoms with E-state index in [4.69, 9.17) is 15.2 Å². The fourth-order valence-electron chi connectivity index (χ4n) is 2.25. The Morgan fingerprint density at radius 1 is 1.32 bits per heavy atom. The average Bonchev–Trinajstić information content (AvgIpc) is 2.59. The monoisotopic (exact) mass is 348 g/mol. The molecular formula is C19H28N2O4. The number of benzene rings is 1. The van der Waals surface area contributed by atoms with E-state index in [0.717, 1.165) is 12.8 Å². The largest absolute Gasteiger partial charge is 0.462 e. The molecule has 138 valence electrons. The van der Waals surface area contributed by atoms with Gasteiger partial charge in [-0.05, 0) is 38.0 Å². The Labute approximate surface area is 149 Å². The minimum Gasteiger partial charge on any atom is -0.462 e. The molecule has 0 atom stereocenters. The van der Waals surface area contributed by atoms with Crippen LogP contribution in [-0.2, 0) is 14.3 Å². The summed E-state index contributed by atoms with van der Waals surface area (Å²) in [4.78, 5) is 26.4. The molecule has 0 aromatic heterocycles. The molecule has 0 spiro atoms. The SMILES string of the molecule is C=CCCOCC(=O)N(CCCC)c1cc(N)ccc1C(=O)OCC. The maximum atomic E-state index is 12.6.